The number of carbonyl (C=O) groups is 1. The number of benzene rings is 2. The number of anilines is 1. The Morgan fingerprint density at radius 2 is 1.81 bits per heavy atom. The Balaban J connectivity index is 1.80. The van der Waals surface area contributed by atoms with Gasteiger partial charge in [-0.25, -0.2) is 8.42 Å². The van der Waals surface area contributed by atoms with Gasteiger partial charge in [0, 0.05) is 36.4 Å². The first-order valence-corrected chi connectivity index (χ1v) is 10.5. The van der Waals surface area contributed by atoms with Gasteiger partial charge >= 0.3 is 0 Å². The summed E-state index contributed by atoms with van der Waals surface area (Å²) in [5.74, 6) is -0.389. The molecule has 0 spiro atoms. The summed E-state index contributed by atoms with van der Waals surface area (Å²) in [6.07, 6.45) is 0.161. The van der Waals surface area contributed by atoms with Crippen LogP contribution in [0.5, 0.6) is 0 Å². The van der Waals surface area contributed by atoms with E-state index in [2.05, 4.69) is 4.90 Å². The first kappa shape index (κ1) is 19.7. The Morgan fingerprint density at radius 1 is 1.15 bits per heavy atom. The number of nitrogens with zero attached hydrogens (tertiary/aromatic N) is 2. The molecule has 3 rings (SSSR count). The maximum atomic E-state index is 13.0. The fourth-order valence-corrected chi connectivity index (χ4v) is 5.15. The summed E-state index contributed by atoms with van der Waals surface area (Å²) in [4.78, 5) is 13.7. The van der Waals surface area contributed by atoms with Crippen LogP contribution in [0.15, 0.2) is 53.4 Å². The average Bonchev–Trinajstić information content (AvgIpc) is 2.61. The predicted octanol–water partition coefficient (Wildman–Crippen LogP) is 2.27. The molecule has 1 aliphatic rings. The van der Waals surface area contributed by atoms with Crippen molar-refractivity contribution in [3.8, 4) is 0 Å². The average molecular weight is 408 g/mol. The molecule has 6 nitrogen and oxygen atoms in total. The molecule has 1 heterocycles. The van der Waals surface area contributed by atoms with Crippen LogP contribution in [0.1, 0.15) is 12.5 Å². The first-order valence-electron chi connectivity index (χ1n) is 8.67. The number of piperazine rings is 1. The summed E-state index contributed by atoms with van der Waals surface area (Å²) < 4.78 is 27.5. The monoisotopic (exact) mass is 407 g/mol. The lowest BCUT2D eigenvalue weighted by Gasteiger charge is -2.40. The standard InChI is InChI=1S/C19H22ClN3O3S/c1-14-13-22(18-5-3-2-4-15(18)12-19(21)24)10-11-23(14)27(25,26)17-8-6-16(20)7-9-17/h2-9,14H,10-13H2,1H3,(H2,21,24)/t14-/m0/s1. The fraction of sp³-hybridized carbons (Fsp3) is 0.316. The highest BCUT2D eigenvalue weighted by Crippen LogP contribution is 2.27. The Labute approximate surface area is 164 Å². The van der Waals surface area contributed by atoms with Gasteiger partial charge < -0.3 is 10.6 Å². The highest BCUT2D eigenvalue weighted by Gasteiger charge is 2.34. The maximum Gasteiger partial charge on any atom is 0.243 e. The van der Waals surface area contributed by atoms with E-state index in [0.29, 0.717) is 24.7 Å². The number of rotatable bonds is 5. The van der Waals surface area contributed by atoms with Crippen LogP contribution in [0.3, 0.4) is 0 Å². The Hall–Kier alpha value is -2.09. The molecule has 1 saturated heterocycles. The second-order valence-corrected chi connectivity index (χ2v) is 8.96. The van der Waals surface area contributed by atoms with Crippen molar-refractivity contribution in [3.05, 3.63) is 59.1 Å². The molecule has 27 heavy (non-hydrogen) atoms. The van der Waals surface area contributed by atoms with Gasteiger partial charge in [0.25, 0.3) is 0 Å². The van der Waals surface area contributed by atoms with Gasteiger partial charge in [-0.2, -0.15) is 4.31 Å². The molecule has 0 radical (unpaired) electrons. The predicted molar refractivity (Wildman–Crippen MR) is 106 cm³/mol. The largest absolute Gasteiger partial charge is 0.369 e. The third-order valence-corrected chi connectivity index (χ3v) is 6.96. The van der Waals surface area contributed by atoms with Gasteiger partial charge in [0.2, 0.25) is 15.9 Å². The molecule has 0 aliphatic carbocycles. The number of nitrogens with two attached hydrogens (primary N) is 1. The molecular weight excluding hydrogens is 386 g/mol. The van der Waals surface area contributed by atoms with Gasteiger partial charge in [-0.05, 0) is 42.8 Å². The van der Waals surface area contributed by atoms with Crippen LogP contribution in [0.4, 0.5) is 5.69 Å². The lowest BCUT2D eigenvalue weighted by Crippen LogP contribution is -2.54. The second-order valence-electron chi connectivity index (χ2n) is 6.64. The number of hydrogen-bond acceptors (Lipinski definition) is 4. The van der Waals surface area contributed by atoms with E-state index in [4.69, 9.17) is 17.3 Å². The van der Waals surface area contributed by atoms with Crippen LogP contribution in [0.25, 0.3) is 0 Å². The number of sulfonamides is 1. The van der Waals surface area contributed by atoms with Gasteiger partial charge in [0.1, 0.15) is 0 Å². The number of amides is 1. The molecule has 0 bridgehead atoms. The van der Waals surface area contributed by atoms with Crippen LogP contribution in [0, 0.1) is 0 Å². The zero-order valence-corrected chi connectivity index (χ0v) is 16.6. The van der Waals surface area contributed by atoms with Gasteiger partial charge in [-0.1, -0.05) is 29.8 Å². The summed E-state index contributed by atoms with van der Waals surface area (Å²) in [7, 11) is -3.59. The molecule has 144 valence electrons. The van der Waals surface area contributed by atoms with Crippen molar-refractivity contribution in [1.82, 2.24) is 4.31 Å². The molecular formula is C19H22ClN3O3S. The highest BCUT2D eigenvalue weighted by atomic mass is 35.5. The van der Waals surface area contributed by atoms with Gasteiger partial charge in [-0.15, -0.1) is 0 Å². The van der Waals surface area contributed by atoms with Crippen molar-refractivity contribution < 1.29 is 13.2 Å². The summed E-state index contributed by atoms with van der Waals surface area (Å²) in [5.41, 5.74) is 7.13. The highest BCUT2D eigenvalue weighted by molar-refractivity contribution is 7.89. The Kier molecular flexibility index (Phi) is 5.74. The van der Waals surface area contributed by atoms with E-state index in [1.807, 2.05) is 31.2 Å². The van der Waals surface area contributed by atoms with E-state index < -0.39 is 10.0 Å². The molecule has 1 fully saturated rings. The summed E-state index contributed by atoms with van der Waals surface area (Å²) >= 11 is 5.87. The molecule has 0 unspecified atom stereocenters. The summed E-state index contributed by atoms with van der Waals surface area (Å²) in [6, 6.07) is 13.6. The number of primary amides is 1. The Bertz CT molecular complexity index is 931. The van der Waals surface area contributed by atoms with Crippen LogP contribution in [-0.4, -0.2) is 44.3 Å². The van der Waals surface area contributed by atoms with Crippen molar-refractivity contribution in [2.45, 2.75) is 24.3 Å². The van der Waals surface area contributed by atoms with Crippen molar-refractivity contribution in [1.29, 1.82) is 0 Å². The number of para-hydroxylation sites is 1. The molecule has 2 N–H and O–H groups in total. The minimum absolute atomic E-state index is 0.161. The summed E-state index contributed by atoms with van der Waals surface area (Å²) in [6.45, 7) is 3.31. The Morgan fingerprint density at radius 3 is 2.44 bits per heavy atom. The molecule has 2 aromatic rings. The topological polar surface area (TPSA) is 83.7 Å². The molecule has 0 saturated carbocycles. The van der Waals surface area contributed by atoms with Crippen molar-refractivity contribution in [2.24, 2.45) is 5.73 Å². The fourth-order valence-electron chi connectivity index (χ4n) is 3.42. The van der Waals surface area contributed by atoms with Gasteiger partial charge in [0.05, 0.1) is 11.3 Å². The normalized spacial score (nSPS) is 18.4. The molecule has 2 aromatic carbocycles. The second kappa shape index (κ2) is 7.88. The van der Waals surface area contributed by atoms with Gasteiger partial charge in [-0.3, -0.25) is 4.79 Å². The van der Waals surface area contributed by atoms with Crippen LogP contribution in [0.2, 0.25) is 5.02 Å². The lowest BCUT2D eigenvalue weighted by atomic mass is 10.1. The van der Waals surface area contributed by atoms with Crippen molar-refractivity contribution in [2.75, 3.05) is 24.5 Å². The van der Waals surface area contributed by atoms with Gasteiger partial charge in [0.15, 0.2) is 0 Å². The molecule has 8 heteroatoms. The first-order chi connectivity index (χ1) is 12.8. The maximum absolute atomic E-state index is 13.0. The molecule has 1 atom stereocenters. The minimum Gasteiger partial charge on any atom is -0.369 e. The van der Waals surface area contributed by atoms with E-state index in [1.54, 1.807) is 12.1 Å². The van der Waals surface area contributed by atoms with Crippen molar-refractivity contribution in [3.63, 3.8) is 0 Å². The third kappa shape index (κ3) is 4.26. The van der Waals surface area contributed by atoms with E-state index >= 15 is 0 Å². The molecule has 1 amide bonds. The number of carbonyl (C=O) groups excluding carboxylic acids is 1. The molecule has 1 aliphatic heterocycles. The molecule has 0 aromatic heterocycles. The van der Waals surface area contributed by atoms with Crippen LogP contribution in [-0.2, 0) is 21.2 Å². The van der Waals surface area contributed by atoms with Crippen molar-refractivity contribution >= 4 is 33.2 Å². The van der Waals surface area contributed by atoms with E-state index in [0.717, 1.165) is 11.3 Å². The van der Waals surface area contributed by atoms with E-state index in [9.17, 15) is 13.2 Å². The minimum atomic E-state index is -3.59. The van der Waals surface area contributed by atoms with Crippen LogP contribution < -0.4 is 10.6 Å². The zero-order valence-electron chi connectivity index (χ0n) is 15.0. The van der Waals surface area contributed by atoms with Crippen LogP contribution >= 0.6 is 11.6 Å². The quantitative estimate of drug-likeness (QED) is 0.824. The van der Waals surface area contributed by atoms with E-state index in [-0.39, 0.29) is 23.3 Å². The summed E-state index contributed by atoms with van der Waals surface area (Å²) in [5, 5.41) is 0.498. The smallest absolute Gasteiger partial charge is 0.243 e. The third-order valence-electron chi connectivity index (χ3n) is 4.68. The number of halogens is 1. The zero-order chi connectivity index (χ0) is 19.6. The number of hydrogen-bond donors (Lipinski definition) is 1. The van der Waals surface area contributed by atoms with E-state index in [1.165, 1.54) is 16.4 Å². The lowest BCUT2D eigenvalue weighted by molar-refractivity contribution is -0.117. The SMILES string of the molecule is C[C@H]1CN(c2ccccc2CC(N)=O)CCN1S(=O)(=O)c1ccc(Cl)cc1.